The van der Waals surface area contributed by atoms with Gasteiger partial charge < -0.3 is 14.8 Å². The van der Waals surface area contributed by atoms with Crippen molar-refractivity contribution in [2.24, 2.45) is 0 Å². The van der Waals surface area contributed by atoms with Crippen molar-refractivity contribution in [3.8, 4) is 5.75 Å². The van der Waals surface area contributed by atoms with Crippen LogP contribution in [0.5, 0.6) is 5.75 Å². The summed E-state index contributed by atoms with van der Waals surface area (Å²) in [6.45, 7) is 0.247. The second-order valence-electron chi connectivity index (χ2n) is 3.31. The molecule has 0 atom stereocenters. The van der Waals surface area contributed by atoms with Crippen LogP contribution in [0.2, 0.25) is 0 Å². The third-order valence-electron chi connectivity index (χ3n) is 2.02. The van der Waals surface area contributed by atoms with Crippen molar-refractivity contribution in [3.63, 3.8) is 0 Å². The van der Waals surface area contributed by atoms with Gasteiger partial charge in [-0.15, -0.1) is 0 Å². The SMILES string of the molecule is O=C(O)c1ncc(COc2cccc(Br)c2)[nH]1. The molecule has 0 fully saturated rings. The molecule has 0 unspecified atom stereocenters. The highest BCUT2D eigenvalue weighted by molar-refractivity contribution is 9.10. The van der Waals surface area contributed by atoms with Crippen LogP contribution in [-0.2, 0) is 6.61 Å². The van der Waals surface area contributed by atoms with Crippen molar-refractivity contribution < 1.29 is 14.6 Å². The molecule has 0 spiro atoms. The van der Waals surface area contributed by atoms with Gasteiger partial charge in [0.15, 0.2) is 0 Å². The number of rotatable bonds is 4. The van der Waals surface area contributed by atoms with Gasteiger partial charge in [0.25, 0.3) is 0 Å². The highest BCUT2D eigenvalue weighted by Crippen LogP contribution is 2.18. The number of carboxylic acids is 1. The lowest BCUT2D eigenvalue weighted by atomic mass is 10.3. The Morgan fingerprint density at radius 2 is 2.35 bits per heavy atom. The molecule has 0 radical (unpaired) electrons. The average Bonchev–Trinajstić information content (AvgIpc) is 2.75. The molecule has 0 aliphatic carbocycles. The molecule has 2 aromatic rings. The van der Waals surface area contributed by atoms with E-state index >= 15 is 0 Å². The number of carboxylic acid groups (broad SMARTS) is 1. The third-order valence-corrected chi connectivity index (χ3v) is 2.51. The largest absolute Gasteiger partial charge is 0.487 e. The van der Waals surface area contributed by atoms with E-state index in [1.54, 1.807) is 0 Å². The molecule has 0 saturated heterocycles. The van der Waals surface area contributed by atoms with Gasteiger partial charge in [-0.3, -0.25) is 0 Å². The summed E-state index contributed by atoms with van der Waals surface area (Å²) in [5.74, 6) is -0.470. The van der Waals surface area contributed by atoms with E-state index in [1.165, 1.54) is 6.20 Å². The maximum Gasteiger partial charge on any atom is 0.371 e. The standard InChI is InChI=1S/C11H9BrN2O3/c12-7-2-1-3-9(4-7)17-6-8-5-13-10(14-8)11(15)16/h1-5H,6H2,(H,13,14)(H,15,16). The van der Waals surface area contributed by atoms with Crippen LogP contribution in [0.25, 0.3) is 0 Å². The number of carbonyl (C=O) groups is 1. The number of halogens is 1. The van der Waals surface area contributed by atoms with Gasteiger partial charge in [-0.1, -0.05) is 22.0 Å². The van der Waals surface area contributed by atoms with Gasteiger partial charge in [0.1, 0.15) is 12.4 Å². The van der Waals surface area contributed by atoms with Crippen LogP contribution in [0, 0.1) is 0 Å². The Bertz CT molecular complexity index is 539. The first-order valence-corrected chi connectivity index (χ1v) is 5.60. The maximum atomic E-state index is 10.6. The van der Waals surface area contributed by atoms with Crippen molar-refractivity contribution in [2.45, 2.75) is 6.61 Å². The van der Waals surface area contributed by atoms with Crippen LogP contribution < -0.4 is 4.74 Å². The van der Waals surface area contributed by atoms with E-state index in [0.717, 1.165) is 4.47 Å². The van der Waals surface area contributed by atoms with Gasteiger partial charge in [0.05, 0.1) is 11.9 Å². The molecule has 1 heterocycles. The minimum atomic E-state index is -1.08. The van der Waals surface area contributed by atoms with Crippen LogP contribution in [-0.4, -0.2) is 21.0 Å². The van der Waals surface area contributed by atoms with Gasteiger partial charge in [-0.05, 0) is 18.2 Å². The molecule has 0 aliphatic rings. The number of benzene rings is 1. The first-order chi connectivity index (χ1) is 8.15. The first-order valence-electron chi connectivity index (χ1n) is 4.80. The predicted molar refractivity (Wildman–Crippen MR) is 64.0 cm³/mol. The topological polar surface area (TPSA) is 75.2 Å². The van der Waals surface area contributed by atoms with E-state index in [0.29, 0.717) is 11.4 Å². The number of hydrogen-bond donors (Lipinski definition) is 2. The minimum Gasteiger partial charge on any atom is -0.487 e. The van der Waals surface area contributed by atoms with Gasteiger partial charge in [-0.2, -0.15) is 0 Å². The molecule has 2 N–H and O–H groups in total. The summed E-state index contributed by atoms with van der Waals surface area (Å²) in [6.07, 6.45) is 1.45. The summed E-state index contributed by atoms with van der Waals surface area (Å²) >= 11 is 3.33. The predicted octanol–water partition coefficient (Wildman–Crippen LogP) is 2.45. The number of aromatic carboxylic acids is 1. The van der Waals surface area contributed by atoms with Crippen LogP contribution in [0.1, 0.15) is 16.3 Å². The van der Waals surface area contributed by atoms with Crippen LogP contribution in [0.4, 0.5) is 0 Å². The van der Waals surface area contributed by atoms with Crippen LogP contribution >= 0.6 is 15.9 Å². The molecule has 2 rings (SSSR count). The van der Waals surface area contributed by atoms with Crippen molar-refractivity contribution >= 4 is 21.9 Å². The summed E-state index contributed by atoms with van der Waals surface area (Å²) in [5.41, 5.74) is 0.613. The quantitative estimate of drug-likeness (QED) is 0.909. The second-order valence-corrected chi connectivity index (χ2v) is 4.22. The summed E-state index contributed by atoms with van der Waals surface area (Å²) < 4.78 is 6.39. The fourth-order valence-electron chi connectivity index (χ4n) is 1.26. The van der Waals surface area contributed by atoms with Crippen LogP contribution in [0.15, 0.2) is 34.9 Å². The summed E-state index contributed by atoms with van der Waals surface area (Å²) in [5, 5.41) is 8.68. The third kappa shape index (κ3) is 3.07. The summed E-state index contributed by atoms with van der Waals surface area (Å²) in [6, 6.07) is 7.40. The number of ether oxygens (including phenoxy) is 1. The van der Waals surface area contributed by atoms with E-state index in [9.17, 15) is 4.79 Å². The fourth-order valence-corrected chi connectivity index (χ4v) is 1.64. The normalized spacial score (nSPS) is 10.2. The molecule has 0 amide bonds. The van der Waals surface area contributed by atoms with E-state index in [2.05, 4.69) is 25.9 Å². The van der Waals surface area contributed by atoms with E-state index in [4.69, 9.17) is 9.84 Å². The molecule has 6 heteroatoms. The molecule has 1 aromatic carbocycles. The summed E-state index contributed by atoms with van der Waals surface area (Å²) in [7, 11) is 0. The first kappa shape index (κ1) is 11.7. The number of nitrogens with zero attached hydrogens (tertiary/aromatic N) is 1. The van der Waals surface area contributed by atoms with Gasteiger partial charge >= 0.3 is 5.97 Å². The Morgan fingerprint density at radius 3 is 3.00 bits per heavy atom. The van der Waals surface area contributed by atoms with Crippen molar-refractivity contribution in [1.29, 1.82) is 0 Å². The molecule has 0 bridgehead atoms. The molecular weight excluding hydrogens is 288 g/mol. The zero-order chi connectivity index (χ0) is 12.3. The average molecular weight is 297 g/mol. The number of H-pyrrole nitrogens is 1. The van der Waals surface area contributed by atoms with Crippen molar-refractivity contribution in [3.05, 3.63) is 46.5 Å². The highest BCUT2D eigenvalue weighted by Gasteiger charge is 2.07. The monoisotopic (exact) mass is 296 g/mol. The van der Waals surface area contributed by atoms with E-state index in [-0.39, 0.29) is 12.4 Å². The molecule has 0 saturated carbocycles. The number of aromatic amines is 1. The van der Waals surface area contributed by atoms with Gasteiger partial charge in [0.2, 0.25) is 5.82 Å². The molecule has 0 aliphatic heterocycles. The number of hydrogen-bond acceptors (Lipinski definition) is 3. The molecule has 88 valence electrons. The Morgan fingerprint density at radius 1 is 1.53 bits per heavy atom. The highest BCUT2D eigenvalue weighted by atomic mass is 79.9. The Balaban J connectivity index is 2.00. The Kier molecular flexibility index (Phi) is 3.43. The lowest BCUT2D eigenvalue weighted by Gasteiger charge is -2.04. The second kappa shape index (κ2) is 5.01. The lowest BCUT2D eigenvalue weighted by Crippen LogP contribution is -2.00. The number of imidazole rings is 1. The lowest BCUT2D eigenvalue weighted by molar-refractivity contribution is 0.0684. The van der Waals surface area contributed by atoms with Gasteiger partial charge in [0, 0.05) is 4.47 Å². The number of nitrogens with one attached hydrogen (secondary N) is 1. The summed E-state index contributed by atoms with van der Waals surface area (Å²) in [4.78, 5) is 16.9. The zero-order valence-electron chi connectivity index (χ0n) is 8.68. The Hall–Kier alpha value is -1.82. The molecule has 5 nitrogen and oxygen atoms in total. The van der Waals surface area contributed by atoms with Gasteiger partial charge in [-0.25, -0.2) is 9.78 Å². The molecule has 1 aromatic heterocycles. The van der Waals surface area contributed by atoms with E-state index in [1.807, 2.05) is 24.3 Å². The number of aromatic nitrogens is 2. The van der Waals surface area contributed by atoms with E-state index < -0.39 is 5.97 Å². The Labute approximate surface area is 106 Å². The van der Waals surface area contributed by atoms with Crippen LogP contribution in [0.3, 0.4) is 0 Å². The minimum absolute atomic E-state index is 0.0853. The smallest absolute Gasteiger partial charge is 0.371 e. The maximum absolute atomic E-state index is 10.6. The van der Waals surface area contributed by atoms with Crippen molar-refractivity contribution in [1.82, 2.24) is 9.97 Å². The molecule has 17 heavy (non-hydrogen) atoms. The fraction of sp³-hybridized carbons (Fsp3) is 0.0909. The zero-order valence-corrected chi connectivity index (χ0v) is 10.3. The van der Waals surface area contributed by atoms with Crippen molar-refractivity contribution in [2.75, 3.05) is 0 Å². The molecular formula is C11H9BrN2O3.